The number of ether oxygens (including phenoxy) is 4. The van der Waals surface area contributed by atoms with Crippen molar-refractivity contribution in [3.8, 4) is 11.5 Å². The van der Waals surface area contributed by atoms with E-state index in [1.54, 1.807) is 0 Å². The fourth-order valence-corrected chi connectivity index (χ4v) is 6.27. The Morgan fingerprint density at radius 3 is 1.39 bits per heavy atom. The molecule has 9 nitrogen and oxygen atoms in total. The van der Waals surface area contributed by atoms with Crippen LogP contribution in [-0.2, 0) is 32.7 Å². The third-order valence-corrected chi connectivity index (χ3v) is 9.72. The Kier molecular flexibility index (Phi) is 12.3. The SMILES string of the molecule is COC(=O)CC(C)c1cccc(C(C)C2CC2)c1OCO[PH](=O)OCOc1c(C(C)CC(=O)OC)cccc1C(C)C1CC1. The van der Waals surface area contributed by atoms with Gasteiger partial charge in [0.05, 0.1) is 27.1 Å². The molecule has 0 radical (unpaired) electrons. The summed E-state index contributed by atoms with van der Waals surface area (Å²) in [7, 11) is -0.203. The van der Waals surface area contributed by atoms with Crippen LogP contribution in [0.3, 0.4) is 0 Å². The van der Waals surface area contributed by atoms with Crippen LogP contribution in [0.1, 0.15) is 112 Å². The summed E-state index contributed by atoms with van der Waals surface area (Å²) in [6.45, 7) is 7.72. The van der Waals surface area contributed by atoms with Crippen LogP contribution in [0.25, 0.3) is 0 Å². The van der Waals surface area contributed by atoms with Gasteiger partial charge in [0.1, 0.15) is 11.5 Å². The summed E-state index contributed by atoms with van der Waals surface area (Å²) in [5.41, 5.74) is 3.85. The second-order valence-corrected chi connectivity index (χ2v) is 13.3. The molecule has 2 saturated carbocycles. The number of hydrogen-bond acceptors (Lipinski definition) is 9. The molecule has 0 N–H and O–H groups in total. The summed E-state index contributed by atoms with van der Waals surface area (Å²) >= 11 is 0. The van der Waals surface area contributed by atoms with Crippen molar-refractivity contribution < 1.29 is 42.1 Å². The average molecular weight is 631 g/mol. The summed E-state index contributed by atoms with van der Waals surface area (Å²) in [5, 5.41) is 0. The minimum atomic E-state index is -2.96. The van der Waals surface area contributed by atoms with Crippen LogP contribution in [0.2, 0.25) is 0 Å². The number of carbonyl (C=O) groups excluding carboxylic acids is 2. The molecule has 4 rings (SSSR count). The number of para-hydroxylation sites is 2. The maximum Gasteiger partial charge on any atom is 0.324 e. The third-order valence-electron chi connectivity index (χ3n) is 9.01. The lowest BCUT2D eigenvalue weighted by molar-refractivity contribution is -0.141. The summed E-state index contributed by atoms with van der Waals surface area (Å²) in [6.07, 6.45) is 5.12. The summed E-state index contributed by atoms with van der Waals surface area (Å²) in [5.74, 6) is 2.19. The minimum Gasteiger partial charge on any atom is -0.469 e. The van der Waals surface area contributed by atoms with Crippen LogP contribution >= 0.6 is 8.25 Å². The fourth-order valence-electron chi connectivity index (χ4n) is 5.88. The zero-order chi connectivity index (χ0) is 31.8. The molecule has 0 spiro atoms. The highest BCUT2D eigenvalue weighted by Crippen LogP contribution is 2.48. The summed E-state index contributed by atoms with van der Waals surface area (Å²) in [6, 6.07) is 11.9. The van der Waals surface area contributed by atoms with E-state index in [1.807, 2.05) is 50.2 Å². The molecular weight excluding hydrogens is 583 g/mol. The van der Waals surface area contributed by atoms with Gasteiger partial charge in [-0.15, -0.1) is 0 Å². The van der Waals surface area contributed by atoms with Gasteiger partial charge in [-0.2, -0.15) is 0 Å². The predicted octanol–water partition coefficient (Wildman–Crippen LogP) is 7.84. The fraction of sp³-hybridized carbons (Fsp3) is 0.588. The molecule has 2 fully saturated rings. The smallest absolute Gasteiger partial charge is 0.324 e. The maximum atomic E-state index is 12.8. The third kappa shape index (κ3) is 9.09. The molecule has 10 heteroatoms. The van der Waals surface area contributed by atoms with E-state index in [4.69, 9.17) is 28.0 Å². The van der Waals surface area contributed by atoms with Gasteiger partial charge in [0.15, 0.2) is 13.6 Å². The summed E-state index contributed by atoms with van der Waals surface area (Å²) in [4.78, 5) is 24.0. The zero-order valence-electron chi connectivity index (χ0n) is 26.8. The van der Waals surface area contributed by atoms with Crippen LogP contribution in [0.4, 0.5) is 0 Å². The molecule has 2 aromatic rings. The van der Waals surface area contributed by atoms with Gasteiger partial charge in [0, 0.05) is 0 Å². The van der Waals surface area contributed by atoms with Crippen molar-refractivity contribution in [3.05, 3.63) is 58.7 Å². The van der Waals surface area contributed by atoms with E-state index in [9.17, 15) is 14.2 Å². The largest absolute Gasteiger partial charge is 0.469 e. The number of benzene rings is 2. The Morgan fingerprint density at radius 2 is 1.05 bits per heavy atom. The van der Waals surface area contributed by atoms with Crippen molar-refractivity contribution in [1.29, 1.82) is 0 Å². The number of carbonyl (C=O) groups is 2. The first-order valence-electron chi connectivity index (χ1n) is 15.6. The van der Waals surface area contributed by atoms with Gasteiger partial charge in [-0.3, -0.25) is 23.2 Å². The highest BCUT2D eigenvalue weighted by atomic mass is 31.1. The van der Waals surface area contributed by atoms with Crippen LogP contribution in [0, 0.1) is 11.8 Å². The first-order valence-corrected chi connectivity index (χ1v) is 16.8. The Bertz CT molecular complexity index is 1210. The molecule has 2 aliphatic rings. The Balaban J connectivity index is 1.40. The first kappa shape index (κ1) is 34.0. The molecule has 2 aromatic carbocycles. The normalized spacial score (nSPS) is 18.0. The Hall–Kier alpha value is -2.87. The first-order chi connectivity index (χ1) is 21.1. The van der Waals surface area contributed by atoms with Gasteiger partial charge in [0.25, 0.3) is 0 Å². The number of esters is 2. The summed E-state index contributed by atoms with van der Waals surface area (Å²) < 4.78 is 45.7. The van der Waals surface area contributed by atoms with Crippen molar-refractivity contribution in [2.45, 2.75) is 89.9 Å². The predicted molar refractivity (Wildman–Crippen MR) is 167 cm³/mol. The molecule has 0 saturated heterocycles. The molecule has 0 amide bonds. The lowest BCUT2D eigenvalue weighted by atomic mass is 9.89. The highest BCUT2D eigenvalue weighted by molar-refractivity contribution is 7.33. The number of hydrogen-bond donors (Lipinski definition) is 0. The molecule has 0 aliphatic heterocycles. The van der Waals surface area contributed by atoms with Gasteiger partial charge < -0.3 is 18.9 Å². The average Bonchev–Trinajstić information content (AvgIpc) is 3.94. The van der Waals surface area contributed by atoms with Crippen molar-refractivity contribution in [2.24, 2.45) is 11.8 Å². The van der Waals surface area contributed by atoms with E-state index in [-0.39, 0.29) is 62.0 Å². The molecule has 242 valence electrons. The molecule has 2 aliphatic carbocycles. The van der Waals surface area contributed by atoms with Gasteiger partial charge in [-0.05, 0) is 83.4 Å². The number of rotatable bonds is 18. The van der Waals surface area contributed by atoms with E-state index in [2.05, 4.69) is 13.8 Å². The molecule has 4 unspecified atom stereocenters. The minimum absolute atomic E-state index is 0.139. The topological polar surface area (TPSA) is 107 Å². The van der Waals surface area contributed by atoms with Gasteiger partial charge >= 0.3 is 20.2 Å². The van der Waals surface area contributed by atoms with E-state index in [0.717, 1.165) is 22.3 Å². The second kappa shape index (κ2) is 15.9. The Morgan fingerprint density at radius 1 is 0.682 bits per heavy atom. The molecule has 0 aromatic heterocycles. The highest BCUT2D eigenvalue weighted by Gasteiger charge is 2.33. The van der Waals surface area contributed by atoms with Crippen LogP contribution < -0.4 is 9.47 Å². The quantitative estimate of drug-likeness (QED) is 0.0925. The van der Waals surface area contributed by atoms with E-state index >= 15 is 0 Å². The standard InChI is InChI=1S/C34H47O9P/c1-21(17-31(35)38-5)27-9-7-11-29(23(3)25-13-14-25)33(27)40-19-42-44(37)43-20-41-34-28(22(2)18-32(36)39-6)10-8-12-30(34)24(4)26-15-16-26/h7-12,21-26,44H,13-20H2,1-6H3. The second-order valence-electron chi connectivity index (χ2n) is 12.2. The monoisotopic (exact) mass is 630 g/mol. The molecule has 0 bridgehead atoms. The van der Waals surface area contributed by atoms with Crippen molar-refractivity contribution >= 4 is 20.2 Å². The molecule has 44 heavy (non-hydrogen) atoms. The van der Waals surface area contributed by atoms with E-state index < -0.39 is 8.25 Å². The van der Waals surface area contributed by atoms with Gasteiger partial charge in [-0.1, -0.05) is 64.1 Å². The zero-order valence-corrected chi connectivity index (χ0v) is 27.8. The lowest BCUT2D eigenvalue weighted by Gasteiger charge is -2.23. The van der Waals surface area contributed by atoms with Crippen LogP contribution in [0.15, 0.2) is 36.4 Å². The van der Waals surface area contributed by atoms with E-state index in [0.29, 0.717) is 23.3 Å². The van der Waals surface area contributed by atoms with Crippen molar-refractivity contribution in [1.82, 2.24) is 0 Å². The molecular formula is C34H47O9P. The number of methoxy groups -OCH3 is 2. The van der Waals surface area contributed by atoms with Crippen molar-refractivity contribution in [2.75, 3.05) is 27.8 Å². The molecule has 0 heterocycles. The Labute approximate surface area is 261 Å². The lowest BCUT2D eigenvalue weighted by Crippen LogP contribution is -2.12. The maximum absolute atomic E-state index is 12.8. The molecule has 4 atom stereocenters. The van der Waals surface area contributed by atoms with Crippen molar-refractivity contribution in [3.63, 3.8) is 0 Å². The van der Waals surface area contributed by atoms with Gasteiger partial charge in [0.2, 0.25) is 0 Å². The van der Waals surface area contributed by atoms with E-state index in [1.165, 1.54) is 39.9 Å². The van der Waals surface area contributed by atoms with Crippen LogP contribution in [-0.4, -0.2) is 39.7 Å². The van der Waals surface area contributed by atoms with Gasteiger partial charge in [-0.25, -0.2) is 0 Å². The van der Waals surface area contributed by atoms with Crippen LogP contribution in [0.5, 0.6) is 11.5 Å².